The van der Waals surface area contributed by atoms with Crippen LogP contribution >= 0.6 is 0 Å². The van der Waals surface area contributed by atoms with Crippen LogP contribution < -0.4 is 15.8 Å². The van der Waals surface area contributed by atoms with Crippen LogP contribution in [0, 0.1) is 6.92 Å². The van der Waals surface area contributed by atoms with Crippen LogP contribution in [0.1, 0.15) is 5.56 Å². The van der Waals surface area contributed by atoms with E-state index in [1.807, 2.05) is 37.3 Å². The third kappa shape index (κ3) is 2.47. The molecule has 4 heteroatoms. The van der Waals surface area contributed by atoms with Gasteiger partial charge in [-0.05, 0) is 30.7 Å². The van der Waals surface area contributed by atoms with Gasteiger partial charge in [0.25, 0.3) is 0 Å². The molecule has 0 atom stereocenters. The summed E-state index contributed by atoms with van der Waals surface area (Å²) in [7, 11) is 1.55. The molecule has 2 rings (SSSR count). The van der Waals surface area contributed by atoms with Crippen LogP contribution in [-0.2, 0) is 0 Å². The molecule has 0 fully saturated rings. The van der Waals surface area contributed by atoms with Gasteiger partial charge >= 0.3 is 0 Å². The Morgan fingerprint density at radius 1 is 1.18 bits per heavy atom. The summed E-state index contributed by atoms with van der Waals surface area (Å²) in [6, 6.07) is 11.6. The predicted octanol–water partition coefficient (Wildman–Crippen LogP) is 2.72. The number of benzene rings is 1. The SMILES string of the molecule is COc1nc(Nc2ccccc2C)ccc1N. The van der Waals surface area contributed by atoms with Gasteiger partial charge < -0.3 is 15.8 Å². The van der Waals surface area contributed by atoms with E-state index in [2.05, 4.69) is 10.3 Å². The van der Waals surface area contributed by atoms with Crippen molar-refractivity contribution >= 4 is 17.2 Å². The lowest BCUT2D eigenvalue weighted by Crippen LogP contribution is -2.00. The van der Waals surface area contributed by atoms with E-state index < -0.39 is 0 Å². The molecule has 0 aliphatic rings. The summed E-state index contributed by atoms with van der Waals surface area (Å²) < 4.78 is 5.08. The Kier molecular flexibility index (Phi) is 3.14. The molecule has 0 spiro atoms. The Morgan fingerprint density at radius 2 is 1.94 bits per heavy atom. The monoisotopic (exact) mass is 229 g/mol. The van der Waals surface area contributed by atoms with E-state index in [0.717, 1.165) is 11.3 Å². The maximum Gasteiger partial charge on any atom is 0.238 e. The second-order valence-corrected chi connectivity index (χ2v) is 3.73. The number of nitrogen functional groups attached to an aromatic ring is 1. The molecular weight excluding hydrogens is 214 g/mol. The van der Waals surface area contributed by atoms with Crippen molar-refractivity contribution in [2.45, 2.75) is 6.92 Å². The summed E-state index contributed by atoms with van der Waals surface area (Å²) >= 11 is 0. The molecule has 1 heterocycles. The highest BCUT2D eigenvalue weighted by Crippen LogP contribution is 2.24. The number of para-hydroxylation sites is 1. The fraction of sp³-hybridized carbons (Fsp3) is 0.154. The molecule has 3 N–H and O–H groups in total. The van der Waals surface area contributed by atoms with Gasteiger partial charge in [0.2, 0.25) is 5.88 Å². The van der Waals surface area contributed by atoms with Gasteiger partial charge in [-0.15, -0.1) is 0 Å². The zero-order chi connectivity index (χ0) is 12.3. The van der Waals surface area contributed by atoms with Crippen LogP contribution in [0.15, 0.2) is 36.4 Å². The van der Waals surface area contributed by atoms with Crippen molar-refractivity contribution in [2.75, 3.05) is 18.2 Å². The largest absolute Gasteiger partial charge is 0.479 e. The third-order valence-corrected chi connectivity index (χ3v) is 2.49. The van der Waals surface area contributed by atoms with Crippen molar-refractivity contribution in [1.29, 1.82) is 0 Å². The molecule has 0 aliphatic heterocycles. The normalized spacial score (nSPS) is 10.0. The third-order valence-electron chi connectivity index (χ3n) is 2.49. The van der Waals surface area contributed by atoms with E-state index in [4.69, 9.17) is 10.5 Å². The molecule has 1 aromatic heterocycles. The molecule has 0 bridgehead atoms. The quantitative estimate of drug-likeness (QED) is 0.849. The summed E-state index contributed by atoms with van der Waals surface area (Å²) in [5, 5.41) is 3.23. The Morgan fingerprint density at radius 3 is 2.65 bits per heavy atom. The van der Waals surface area contributed by atoms with Gasteiger partial charge in [0.15, 0.2) is 0 Å². The summed E-state index contributed by atoms with van der Waals surface area (Å²) in [4.78, 5) is 4.27. The minimum Gasteiger partial charge on any atom is -0.479 e. The fourth-order valence-electron chi connectivity index (χ4n) is 1.54. The van der Waals surface area contributed by atoms with Crippen molar-refractivity contribution < 1.29 is 4.74 Å². The van der Waals surface area contributed by atoms with Gasteiger partial charge in [0, 0.05) is 5.69 Å². The Hall–Kier alpha value is -2.23. The number of anilines is 3. The lowest BCUT2D eigenvalue weighted by Gasteiger charge is -2.10. The summed E-state index contributed by atoms with van der Waals surface area (Å²) in [6.07, 6.45) is 0. The van der Waals surface area contributed by atoms with E-state index in [0.29, 0.717) is 17.4 Å². The standard InChI is InChI=1S/C13H15N3O/c1-9-5-3-4-6-11(9)15-12-8-7-10(14)13(16-12)17-2/h3-8H,14H2,1-2H3,(H,15,16). The molecule has 0 saturated heterocycles. The Balaban J connectivity index is 2.28. The van der Waals surface area contributed by atoms with Crippen LogP contribution in [-0.4, -0.2) is 12.1 Å². The Labute approximate surface area is 100 Å². The minimum atomic E-state index is 0.434. The average Bonchev–Trinajstić information content (AvgIpc) is 2.34. The highest BCUT2D eigenvalue weighted by Gasteiger charge is 2.04. The molecular formula is C13H15N3O. The van der Waals surface area contributed by atoms with Crippen LogP contribution in [0.5, 0.6) is 5.88 Å². The number of nitrogens with zero attached hydrogens (tertiary/aromatic N) is 1. The number of aromatic nitrogens is 1. The molecule has 4 nitrogen and oxygen atoms in total. The zero-order valence-corrected chi connectivity index (χ0v) is 9.90. The number of pyridine rings is 1. The van der Waals surface area contributed by atoms with E-state index in [9.17, 15) is 0 Å². The van der Waals surface area contributed by atoms with Crippen molar-refractivity contribution in [3.05, 3.63) is 42.0 Å². The van der Waals surface area contributed by atoms with Crippen LogP contribution in [0.2, 0.25) is 0 Å². The molecule has 0 saturated carbocycles. The first kappa shape index (κ1) is 11.3. The van der Waals surface area contributed by atoms with E-state index in [1.54, 1.807) is 13.2 Å². The highest BCUT2D eigenvalue weighted by molar-refractivity contribution is 5.63. The van der Waals surface area contributed by atoms with Gasteiger partial charge in [0.05, 0.1) is 12.8 Å². The summed E-state index contributed by atoms with van der Waals surface area (Å²) in [5.74, 6) is 1.15. The minimum absolute atomic E-state index is 0.434. The molecule has 0 aliphatic carbocycles. The lowest BCUT2D eigenvalue weighted by molar-refractivity contribution is 0.401. The Bertz CT molecular complexity index is 526. The molecule has 0 amide bonds. The van der Waals surface area contributed by atoms with Crippen molar-refractivity contribution in [2.24, 2.45) is 0 Å². The summed E-state index contributed by atoms with van der Waals surface area (Å²) in [5.41, 5.74) is 8.42. The molecule has 0 radical (unpaired) electrons. The second kappa shape index (κ2) is 4.74. The second-order valence-electron chi connectivity index (χ2n) is 3.73. The van der Waals surface area contributed by atoms with Gasteiger partial charge in [-0.1, -0.05) is 18.2 Å². The molecule has 0 unspecified atom stereocenters. The van der Waals surface area contributed by atoms with Gasteiger partial charge in [-0.25, -0.2) is 0 Å². The number of nitrogens with two attached hydrogens (primary N) is 1. The fourth-order valence-corrected chi connectivity index (χ4v) is 1.54. The number of hydrogen-bond donors (Lipinski definition) is 2. The molecule has 17 heavy (non-hydrogen) atoms. The maximum absolute atomic E-state index is 5.71. The molecule has 88 valence electrons. The number of ether oxygens (including phenoxy) is 1. The average molecular weight is 229 g/mol. The van der Waals surface area contributed by atoms with E-state index in [1.165, 1.54) is 0 Å². The first-order valence-corrected chi connectivity index (χ1v) is 5.34. The number of methoxy groups -OCH3 is 1. The first-order valence-electron chi connectivity index (χ1n) is 5.34. The number of aryl methyl sites for hydroxylation is 1. The van der Waals surface area contributed by atoms with Crippen LogP contribution in [0.4, 0.5) is 17.2 Å². The van der Waals surface area contributed by atoms with Crippen LogP contribution in [0.25, 0.3) is 0 Å². The van der Waals surface area contributed by atoms with E-state index >= 15 is 0 Å². The van der Waals surface area contributed by atoms with E-state index in [-0.39, 0.29) is 0 Å². The van der Waals surface area contributed by atoms with Gasteiger partial charge in [0.1, 0.15) is 5.82 Å². The number of rotatable bonds is 3. The number of nitrogens with one attached hydrogen (secondary N) is 1. The first-order chi connectivity index (χ1) is 8.20. The zero-order valence-electron chi connectivity index (χ0n) is 9.90. The van der Waals surface area contributed by atoms with Gasteiger partial charge in [-0.2, -0.15) is 4.98 Å². The highest BCUT2D eigenvalue weighted by atomic mass is 16.5. The summed E-state index contributed by atoms with van der Waals surface area (Å²) in [6.45, 7) is 2.04. The smallest absolute Gasteiger partial charge is 0.238 e. The van der Waals surface area contributed by atoms with Crippen molar-refractivity contribution in [1.82, 2.24) is 4.98 Å². The topological polar surface area (TPSA) is 60.2 Å². The van der Waals surface area contributed by atoms with Crippen molar-refractivity contribution in [3.63, 3.8) is 0 Å². The van der Waals surface area contributed by atoms with Gasteiger partial charge in [-0.3, -0.25) is 0 Å². The maximum atomic E-state index is 5.71. The molecule has 2 aromatic rings. The predicted molar refractivity (Wildman–Crippen MR) is 69.7 cm³/mol. The number of hydrogen-bond acceptors (Lipinski definition) is 4. The van der Waals surface area contributed by atoms with Crippen LogP contribution in [0.3, 0.4) is 0 Å². The molecule has 1 aromatic carbocycles. The van der Waals surface area contributed by atoms with Crippen molar-refractivity contribution in [3.8, 4) is 5.88 Å². The lowest BCUT2D eigenvalue weighted by atomic mass is 10.2.